The van der Waals surface area contributed by atoms with E-state index in [1.165, 1.54) is 12.1 Å². The van der Waals surface area contributed by atoms with Crippen molar-refractivity contribution in [3.8, 4) is 23.6 Å². The van der Waals surface area contributed by atoms with Crippen LogP contribution in [0.25, 0.3) is 0 Å². The van der Waals surface area contributed by atoms with Crippen LogP contribution in [0.3, 0.4) is 0 Å². The maximum Gasteiger partial charge on any atom is 0.257 e. The van der Waals surface area contributed by atoms with Crippen LogP contribution in [0.2, 0.25) is 0 Å². The molecule has 5 rings (SSSR count). The molecule has 2 saturated heterocycles. The van der Waals surface area contributed by atoms with Gasteiger partial charge in [0.2, 0.25) is 0 Å². The molecule has 0 amide bonds. The first-order valence-corrected chi connectivity index (χ1v) is 12.5. The van der Waals surface area contributed by atoms with Gasteiger partial charge >= 0.3 is 0 Å². The summed E-state index contributed by atoms with van der Waals surface area (Å²) in [5.74, 6) is -3.28. The lowest BCUT2D eigenvalue weighted by molar-refractivity contribution is 0.122. The minimum absolute atomic E-state index is 0.0911. The fourth-order valence-corrected chi connectivity index (χ4v) is 5.11. The SMILES string of the molecule is N#Cc1c(N2CCOCC2)[nH]c(=O)c(C(c2ccc(F)cc2)c2c(O)c(C#N)c(N3CCOCC3)[nH]c2=O)c1O. The number of ether oxygens (including phenoxy) is 2. The Morgan fingerprint density at radius 3 is 1.55 bits per heavy atom. The summed E-state index contributed by atoms with van der Waals surface area (Å²) in [6.07, 6.45) is 0. The van der Waals surface area contributed by atoms with Gasteiger partial charge in [0, 0.05) is 26.2 Å². The van der Waals surface area contributed by atoms with Gasteiger partial charge < -0.3 is 39.5 Å². The summed E-state index contributed by atoms with van der Waals surface area (Å²) < 4.78 is 24.5. The lowest BCUT2D eigenvalue weighted by Gasteiger charge is -2.30. The molecule has 0 bridgehead atoms. The highest BCUT2D eigenvalue weighted by Gasteiger charge is 2.34. The second-order valence-corrected chi connectivity index (χ2v) is 9.29. The molecule has 2 aliphatic heterocycles. The number of pyridine rings is 2. The van der Waals surface area contributed by atoms with E-state index in [2.05, 4.69) is 9.97 Å². The van der Waals surface area contributed by atoms with Gasteiger partial charge in [0.1, 0.15) is 52.2 Å². The van der Waals surface area contributed by atoms with E-state index >= 15 is 0 Å². The Labute approximate surface area is 227 Å². The number of nitrogens with one attached hydrogen (secondary N) is 2. The minimum atomic E-state index is -1.47. The van der Waals surface area contributed by atoms with Crippen LogP contribution in [0.5, 0.6) is 11.5 Å². The molecule has 0 spiro atoms. The van der Waals surface area contributed by atoms with Crippen molar-refractivity contribution in [1.82, 2.24) is 9.97 Å². The van der Waals surface area contributed by atoms with E-state index in [9.17, 15) is 34.7 Å². The Hall–Kier alpha value is -4.85. The molecule has 4 N–H and O–H groups in total. The molecule has 0 radical (unpaired) electrons. The number of hydrogen-bond donors (Lipinski definition) is 4. The number of H-pyrrole nitrogens is 2. The van der Waals surface area contributed by atoms with Gasteiger partial charge in [0.15, 0.2) is 0 Å². The highest BCUT2D eigenvalue weighted by molar-refractivity contribution is 5.68. The van der Waals surface area contributed by atoms with Crippen molar-refractivity contribution >= 4 is 11.6 Å². The number of benzene rings is 1. The molecular formula is C27H25FN6O6. The predicted molar refractivity (Wildman–Crippen MR) is 140 cm³/mol. The lowest BCUT2D eigenvalue weighted by atomic mass is 9.84. The quantitative estimate of drug-likeness (QED) is 0.362. The standard InChI is InChI=1S/C27H25FN6O6/c28-16-3-1-15(2-4-16)19(20-22(35)17(13-29)24(31-26(20)37)33-5-9-39-10-6-33)21-23(36)18(14-30)25(32-27(21)38)34-7-11-40-12-8-34/h1-4,19H,5-12H2,(H2,31,35,37)(H2,32,36,38). The summed E-state index contributed by atoms with van der Waals surface area (Å²) in [7, 11) is 0. The second-order valence-electron chi connectivity index (χ2n) is 9.29. The molecule has 0 aliphatic carbocycles. The normalized spacial score (nSPS) is 15.6. The number of nitriles is 2. The van der Waals surface area contributed by atoms with Crippen LogP contribution >= 0.6 is 0 Å². The molecule has 206 valence electrons. The number of hydrogen-bond acceptors (Lipinski definition) is 10. The van der Waals surface area contributed by atoms with Gasteiger partial charge in [-0.05, 0) is 17.7 Å². The van der Waals surface area contributed by atoms with Crippen molar-refractivity contribution in [3.63, 3.8) is 0 Å². The molecular weight excluding hydrogens is 523 g/mol. The predicted octanol–water partition coefficient (Wildman–Crippen LogP) is 1.21. The fraction of sp³-hybridized carbons (Fsp3) is 0.333. The average molecular weight is 549 g/mol. The van der Waals surface area contributed by atoms with E-state index in [0.29, 0.717) is 52.6 Å². The zero-order valence-electron chi connectivity index (χ0n) is 21.2. The molecule has 0 saturated carbocycles. The van der Waals surface area contributed by atoms with Crippen LogP contribution in [0.1, 0.15) is 33.7 Å². The number of halogens is 1. The first kappa shape index (κ1) is 26.7. The number of anilines is 2. The number of rotatable bonds is 5. The number of aromatic amines is 2. The maximum absolute atomic E-state index is 13.9. The summed E-state index contributed by atoms with van der Waals surface area (Å²) >= 11 is 0. The lowest BCUT2D eigenvalue weighted by Crippen LogP contribution is -2.39. The topological polar surface area (TPSA) is 179 Å². The van der Waals surface area contributed by atoms with E-state index in [0.717, 1.165) is 12.1 Å². The van der Waals surface area contributed by atoms with Gasteiger partial charge in [-0.25, -0.2) is 4.39 Å². The van der Waals surface area contributed by atoms with Crippen LogP contribution in [-0.4, -0.2) is 72.8 Å². The molecule has 0 atom stereocenters. The third-order valence-corrected chi connectivity index (χ3v) is 7.07. The van der Waals surface area contributed by atoms with Gasteiger partial charge in [-0.1, -0.05) is 12.1 Å². The number of aromatic hydroxyl groups is 2. The first-order valence-electron chi connectivity index (χ1n) is 12.5. The Morgan fingerprint density at radius 2 is 1.18 bits per heavy atom. The third kappa shape index (κ3) is 4.73. The molecule has 3 aromatic rings. The molecule has 2 fully saturated rings. The van der Waals surface area contributed by atoms with Gasteiger partial charge in [-0.3, -0.25) is 9.59 Å². The zero-order chi connectivity index (χ0) is 28.4. The van der Waals surface area contributed by atoms with Crippen molar-refractivity contribution in [2.45, 2.75) is 5.92 Å². The summed E-state index contributed by atoms with van der Waals surface area (Å²) in [5.41, 5.74) is -2.82. The van der Waals surface area contributed by atoms with E-state index in [-0.39, 0.29) is 28.3 Å². The molecule has 1 aromatic carbocycles. The summed E-state index contributed by atoms with van der Waals surface area (Å²) in [6.45, 7) is 2.85. The van der Waals surface area contributed by atoms with Crippen molar-refractivity contribution in [2.24, 2.45) is 0 Å². The third-order valence-electron chi connectivity index (χ3n) is 7.07. The molecule has 2 aromatic heterocycles. The highest BCUT2D eigenvalue weighted by atomic mass is 19.1. The smallest absolute Gasteiger partial charge is 0.257 e. The first-order chi connectivity index (χ1) is 19.3. The molecule has 12 nitrogen and oxygen atoms in total. The highest BCUT2D eigenvalue weighted by Crippen LogP contribution is 2.42. The summed E-state index contributed by atoms with van der Waals surface area (Å²) in [6, 6.07) is 8.62. The van der Waals surface area contributed by atoms with E-state index < -0.39 is 45.5 Å². The molecule has 4 heterocycles. The average Bonchev–Trinajstić information content (AvgIpc) is 2.97. The van der Waals surface area contributed by atoms with Gasteiger partial charge in [0.25, 0.3) is 11.1 Å². The molecule has 2 aliphatic rings. The van der Waals surface area contributed by atoms with Crippen LogP contribution in [-0.2, 0) is 9.47 Å². The second kappa shape index (κ2) is 11.1. The van der Waals surface area contributed by atoms with Gasteiger partial charge in [-0.2, -0.15) is 10.5 Å². The Balaban J connectivity index is 1.76. The van der Waals surface area contributed by atoms with Gasteiger partial charge in [-0.15, -0.1) is 0 Å². The molecule has 40 heavy (non-hydrogen) atoms. The van der Waals surface area contributed by atoms with Crippen molar-refractivity contribution in [3.05, 3.63) is 78.6 Å². The van der Waals surface area contributed by atoms with Gasteiger partial charge in [0.05, 0.1) is 43.5 Å². The zero-order valence-corrected chi connectivity index (χ0v) is 21.2. The number of aromatic nitrogens is 2. The Bertz CT molecular complexity index is 1530. The van der Waals surface area contributed by atoms with E-state index in [4.69, 9.17) is 9.47 Å². The molecule has 13 heteroatoms. The monoisotopic (exact) mass is 548 g/mol. The van der Waals surface area contributed by atoms with Crippen molar-refractivity contribution in [1.29, 1.82) is 10.5 Å². The number of nitrogens with zero attached hydrogens (tertiary/aromatic N) is 4. The van der Waals surface area contributed by atoms with Crippen molar-refractivity contribution in [2.75, 3.05) is 62.4 Å². The number of morpholine rings is 2. The van der Waals surface area contributed by atoms with Crippen LogP contribution in [0.4, 0.5) is 16.0 Å². The maximum atomic E-state index is 13.9. The van der Waals surface area contributed by atoms with Crippen LogP contribution in [0, 0.1) is 28.5 Å². The van der Waals surface area contributed by atoms with Crippen molar-refractivity contribution < 1.29 is 24.1 Å². The largest absolute Gasteiger partial charge is 0.506 e. The Kier molecular flexibility index (Phi) is 7.42. The fourth-order valence-electron chi connectivity index (χ4n) is 5.11. The summed E-state index contributed by atoms with van der Waals surface area (Å²) in [4.78, 5) is 35.8. The minimum Gasteiger partial charge on any atom is -0.506 e. The van der Waals surface area contributed by atoms with E-state index in [1.54, 1.807) is 9.80 Å². The van der Waals surface area contributed by atoms with Crippen LogP contribution in [0.15, 0.2) is 33.9 Å². The van der Waals surface area contributed by atoms with E-state index in [1.807, 2.05) is 12.1 Å². The molecule has 0 unspecified atom stereocenters. The summed E-state index contributed by atoms with van der Waals surface area (Å²) in [5, 5.41) is 42.6. The Morgan fingerprint density at radius 1 is 0.775 bits per heavy atom. The van der Waals surface area contributed by atoms with Crippen LogP contribution < -0.4 is 20.9 Å².